The van der Waals surface area contributed by atoms with Gasteiger partial charge in [-0.2, -0.15) is 0 Å². The van der Waals surface area contributed by atoms with Crippen molar-refractivity contribution >= 4 is 33.4 Å². The summed E-state index contributed by atoms with van der Waals surface area (Å²) in [6.45, 7) is 0.0355. The Bertz CT molecular complexity index is 1020. The van der Waals surface area contributed by atoms with Crippen LogP contribution < -0.4 is 15.4 Å². The zero-order valence-corrected chi connectivity index (χ0v) is 17.6. The average Bonchev–Trinajstić information content (AvgIpc) is 2.75. The molecule has 0 atom stereocenters. The van der Waals surface area contributed by atoms with E-state index >= 15 is 0 Å². The number of ether oxygens (including phenoxy) is 1. The number of nitrogens with one attached hydrogen (secondary N) is 2. The van der Waals surface area contributed by atoms with Crippen LogP contribution in [0.4, 0.5) is 10.1 Å². The highest BCUT2D eigenvalue weighted by Crippen LogP contribution is 2.18. The van der Waals surface area contributed by atoms with Crippen LogP contribution in [0.1, 0.15) is 15.9 Å². The van der Waals surface area contributed by atoms with Gasteiger partial charge in [0, 0.05) is 16.7 Å². The zero-order chi connectivity index (χ0) is 21.3. The van der Waals surface area contributed by atoms with Crippen LogP contribution in [0, 0.1) is 5.82 Å². The fourth-order valence-corrected chi connectivity index (χ4v) is 3.03. The largest absolute Gasteiger partial charge is 0.483 e. The van der Waals surface area contributed by atoms with E-state index in [2.05, 4.69) is 26.6 Å². The Morgan fingerprint density at radius 1 is 0.933 bits per heavy atom. The van der Waals surface area contributed by atoms with E-state index in [4.69, 9.17) is 4.74 Å². The molecule has 0 unspecified atom stereocenters. The molecule has 3 aromatic carbocycles. The van der Waals surface area contributed by atoms with Crippen LogP contribution in [0.15, 0.2) is 77.3 Å². The Hall–Kier alpha value is -3.19. The van der Waals surface area contributed by atoms with Crippen LogP contribution in [-0.4, -0.2) is 25.0 Å². The van der Waals surface area contributed by atoms with Gasteiger partial charge in [0.05, 0.1) is 5.56 Å². The van der Waals surface area contributed by atoms with E-state index in [-0.39, 0.29) is 30.8 Å². The standard InChI is InChI=1S/C23H20BrFN2O3/c24-17-9-11-18(12-10-17)27-22(28)15-30-21-8-4-2-6-19(21)23(29)26-14-13-16-5-1-3-7-20(16)25/h1-12H,13-15H2,(H,26,29)(H,27,28). The molecule has 0 saturated carbocycles. The molecule has 0 aliphatic carbocycles. The van der Waals surface area contributed by atoms with Gasteiger partial charge in [0.25, 0.3) is 11.8 Å². The SMILES string of the molecule is O=C(COc1ccccc1C(=O)NCCc1ccccc1F)Nc1ccc(Br)cc1. The van der Waals surface area contributed by atoms with E-state index in [0.717, 1.165) is 4.47 Å². The summed E-state index contributed by atoms with van der Waals surface area (Å²) in [6.07, 6.45) is 0.372. The van der Waals surface area contributed by atoms with Gasteiger partial charge in [-0.3, -0.25) is 9.59 Å². The molecule has 0 bridgehead atoms. The van der Waals surface area contributed by atoms with E-state index in [0.29, 0.717) is 29.0 Å². The fraction of sp³-hybridized carbons (Fsp3) is 0.130. The first kappa shape index (κ1) is 21.5. The summed E-state index contributed by atoms with van der Waals surface area (Å²) in [7, 11) is 0. The molecular formula is C23H20BrFN2O3. The number of para-hydroxylation sites is 1. The van der Waals surface area contributed by atoms with Crippen molar-refractivity contribution in [2.24, 2.45) is 0 Å². The Balaban J connectivity index is 1.54. The average molecular weight is 471 g/mol. The second-order valence-corrected chi connectivity index (χ2v) is 7.35. The highest BCUT2D eigenvalue weighted by Gasteiger charge is 2.13. The number of hydrogen-bond acceptors (Lipinski definition) is 3. The molecule has 0 aliphatic rings. The van der Waals surface area contributed by atoms with Gasteiger partial charge < -0.3 is 15.4 Å². The van der Waals surface area contributed by atoms with Crippen molar-refractivity contribution in [3.63, 3.8) is 0 Å². The minimum Gasteiger partial charge on any atom is -0.483 e. The highest BCUT2D eigenvalue weighted by atomic mass is 79.9. The quantitative estimate of drug-likeness (QED) is 0.506. The van der Waals surface area contributed by atoms with E-state index in [1.807, 2.05) is 12.1 Å². The molecule has 0 radical (unpaired) electrons. The first-order chi connectivity index (χ1) is 14.5. The molecule has 5 nitrogen and oxygen atoms in total. The lowest BCUT2D eigenvalue weighted by Gasteiger charge is -2.12. The summed E-state index contributed by atoms with van der Waals surface area (Å²) in [6, 6.07) is 20.3. The molecule has 7 heteroatoms. The normalized spacial score (nSPS) is 10.3. The van der Waals surface area contributed by atoms with Gasteiger partial charge >= 0.3 is 0 Å². The topological polar surface area (TPSA) is 67.4 Å². The Morgan fingerprint density at radius 2 is 1.63 bits per heavy atom. The van der Waals surface area contributed by atoms with Crippen LogP contribution in [0.3, 0.4) is 0 Å². The van der Waals surface area contributed by atoms with Crippen LogP contribution in [0.2, 0.25) is 0 Å². The monoisotopic (exact) mass is 470 g/mol. The maximum Gasteiger partial charge on any atom is 0.262 e. The van der Waals surface area contributed by atoms with Gasteiger partial charge in [-0.25, -0.2) is 4.39 Å². The maximum atomic E-state index is 13.7. The predicted molar refractivity (Wildman–Crippen MR) is 117 cm³/mol. The lowest BCUT2D eigenvalue weighted by molar-refractivity contribution is -0.118. The first-order valence-electron chi connectivity index (χ1n) is 9.32. The predicted octanol–water partition coefficient (Wildman–Crippen LogP) is 4.58. The Morgan fingerprint density at radius 3 is 2.40 bits per heavy atom. The molecule has 154 valence electrons. The van der Waals surface area contributed by atoms with E-state index in [1.165, 1.54) is 6.07 Å². The second-order valence-electron chi connectivity index (χ2n) is 6.44. The van der Waals surface area contributed by atoms with Crippen molar-refractivity contribution in [1.29, 1.82) is 0 Å². The van der Waals surface area contributed by atoms with Crippen LogP contribution in [0.5, 0.6) is 5.75 Å². The van der Waals surface area contributed by atoms with Gasteiger partial charge in [0.2, 0.25) is 0 Å². The summed E-state index contributed by atoms with van der Waals surface area (Å²) in [5.74, 6) is -0.693. The van der Waals surface area contributed by atoms with Crippen molar-refractivity contribution in [1.82, 2.24) is 5.32 Å². The van der Waals surface area contributed by atoms with Crippen molar-refractivity contribution in [3.8, 4) is 5.75 Å². The molecule has 3 rings (SSSR count). The third-order valence-corrected chi connectivity index (χ3v) is 4.78. The molecule has 3 aromatic rings. The third kappa shape index (κ3) is 6.15. The summed E-state index contributed by atoms with van der Waals surface area (Å²) in [5.41, 5.74) is 1.49. The van der Waals surface area contributed by atoms with Gasteiger partial charge in [0.15, 0.2) is 6.61 Å². The molecule has 0 spiro atoms. The van der Waals surface area contributed by atoms with Gasteiger partial charge in [-0.05, 0) is 54.4 Å². The number of amides is 2. The van der Waals surface area contributed by atoms with Crippen molar-refractivity contribution in [2.75, 3.05) is 18.5 Å². The van der Waals surface area contributed by atoms with Crippen LogP contribution in [0.25, 0.3) is 0 Å². The minimum absolute atomic E-state index is 0.240. The van der Waals surface area contributed by atoms with Crippen molar-refractivity contribution in [2.45, 2.75) is 6.42 Å². The highest BCUT2D eigenvalue weighted by molar-refractivity contribution is 9.10. The number of benzene rings is 3. The summed E-state index contributed by atoms with van der Waals surface area (Å²) in [5, 5.41) is 5.48. The number of hydrogen-bond donors (Lipinski definition) is 2. The van der Waals surface area contributed by atoms with Crippen LogP contribution >= 0.6 is 15.9 Å². The molecule has 0 saturated heterocycles. The third-order valence-electron chi connectivity index (χ3n) is 4.26. The number of carbonyl (C=O) groups excluding carboxylic acids is 2. The molecule has 0 heterocycles. The van der Waals surface area contributed by atoms with E-state index < -0.39 is 0 Å². The van der Waals surface area contributed by atoms with Gasteiger partial charge in [-0.15, -0.1) is 0 Å². The lowest BCUT2D eigenvalue weighted by Crippen LogP contribution is -2.27. The van der Waals surface area contributed by atoms with Gasteiger partial charge in [0.1, 0.15) is 11.6 Å². The van der Waals surface area contributed by atoms with Crippen molar-refractivity contribution < 1.29 is 18.7 Å². The summed E-state index contributed by atoms with van der Waals surface area (Å²) >= 11 is 3.34. The molecule has 2 amide bonds. The molecule has 0 aliphatic heterocycles. The van der Waals surface area contributed by atoms with Crippen LogP contribution in [-0.2, 0) is 11.2 Å². The lowest BCUT2D eigenvalue weighted by atomic mass is 10.1. The van der Waals surface area contributed by atoms with Gasteiger partial charge in [-0.1, -0.05) is 46.3 Å². The zero-order valence-electron chi connectivity index (χ0n) is 16.0. The number of halogens is 2. The molecule has 0 aromatic heterocycles. The molecule has 2 N–H and O–H groups in total. The summed E-state index contributed by atoms with van der Waals surface area (Å²) < 4.78 is 20.1. The van der Waals surface area contributed by atoms with E-state index in [9.17, 15) is 14.0 Å². The number of anilines is 1. The fourth-order valence-electron chi connectivity index (χ4n) is 2.76. The second kappa shape index (κ2) is 10.5. The first-order valence-corrected chi connectivity index (χ1v) is 10.1. The van der Waals surface area contributed by atoms with Crippen molar-refractivity contribution in [3.05, 3.63) is 94.2 Å². The smallest absolute Gasteiger partial charge is 0.262 e. The minimum atomic E-state index is -0.352. The maximum absolute atomic E-state index is 13.7. The molecular weight excluding hydrogens is 451 g/mol. The molecule has 30 heavy (non-hydrogen) atoms. The molecule has 0 fully saturated rings. The van der Waals surface area contributed by atoms with E-state index in [1.54, 1.807) is 54.6 Å². The Labute approximate surface area is 182 Å². The number of carbonyl (C=O) groups is 2. The summed E-state index contributed by atoms with van der Waals surface area (Å²) in [4.78, 5) is 24.6. The Kier molecular flexibility index (Phi) is 7.57. The number of rotatable bonds is 8.